The normalized spacial score (nSPS) is 15.1. The standard InChI is InChI=1S/C26H32BrN3O3.C2H6/c1-5-7-13-22-29(3)16-18-23-20(14-19(27)25(18)33-22)30(4)21(24(23)26(31)32-6-2)15-28-17-11-9-8-10-12-17;1-2/h8-12,14,22,28H,5-7,13,15-16H2,1-4H3;1-2H3. The van der Waals surface area contributed by atoms with E-state index in [1.165, 1.54) is 0 Å². The predicted octanol–water partition coefficient (Wildman–Crippen LogP) is 7.10. The SMILES string of the molecule is CC.CCCCC1Oc2c(Br)cc3c(c2CN1C)c(C(=O)OCC)c(CNc1ccccc1)n3C. The number of benzene rings is 2. The Morgan fingerprint density at radius 1 is 1.20 bits per heavy atom. The largest absolute Gasteiger partial charge is 0.474 e. The molecule has 0 amide bonds. The molecule has 7 heteroatoms. The molecule has 2 heterocycles. The van der Waals surface area contributed by atoms with E-state index >= 15 is 0 Å². The maximum atomic E-state index is 13.2. The van der Waals surface area contributed by atoms with Crippen molar-refractivity contribution in [2.45, 2.75) is 66.3 Å². The molecule has 1 aliphatic heterocycles. The molecular weight excluding hydrogens is 506 g/mol. The summed E-state index contributed by atoms with van der Waals surface area (Å²) in [6, 6.07) is 12.1. The molecule has 0 spiro atoms. The number of hydrogen-bond donors (Lipinski definition) is 1. The molecule has 6 nitrogen and oxygen atoms in total. The zero-order chi connectivity index (χ0) is 25.5. The van der Waals surface area contributed by atoms with E-state index in [4.69, 9.17) is 9.47 Å². The first-order valence-electron chi connectivity index (χ1n) is 12.6. The zero-order valence-electron chi connectivity index (χ0n) is 21.8. The van der Waals surface area contributed by atoms with Crippen LogP contribution >= 0.6 is 15.9 Å². The number of anilines is 1. The fraction of sp³-hybridized carbons (Fsp3) is 0.464. The van der Waals surface area contributed by atoms with Crippen molar-refractivity contribution < 1.29 is 14.3 Å². The van der Waals surface area contributed by atoms with Crippen LogP contribution in [0.1, 0.15) is 68.6 Å². The fourth-order valence-corrected chi connectivity index (χ4v) is 5.11. The van der Waals surface area contributed by atoms with Gasteiger partial charge in [0.25, 0.3) is 0 Å². The number of unbranched alkanes of at least 4 members (excludes halogenated alkanes) is 1. The lowest BCUT2D eigenvalue weighted by Gasteiger charge is -2.35. The van der Waals surface area contributed by atoms with E-state index in [1.807, 2.05) is 58.2 Å². The van der Waals surface area contributed by atoms with Gasteiger partial charge in [-0.2, -0.15) is 0 Å². The molecule has 1 atom stereocenters. The second-order valence-electron chi connectivity index (χ2n) is 8.51. The van der Waals surface area contributed by atoms with Crippen LogP contribution in [0.4, 0.5) is 5.69 Å². The molecule has 1 unspecified atom stereocenters. The minimum absolute atomic E-state index is 0.0279. The quantitative estimate of drug-likeness (QED) is 0.307. The molecule has 0 aliphatic carbocycles. The summed E-state index contributed by atoms with van der Waals surface area (Å²) in [5.74, 6) is 0.536. The molecule has 35 heavy (non-hydrogen) atoms. The number of hydrogen-bond acceptors (Lipinski definition) is 5. The maximum absolute atomic E-state index is 13.2. The highest BCUT2D eigenvalue weighted by atomic mass is 79.9. The number of carbonyl (C=O) groups is 1. The third kappa shape index (κ3) is 5.67. The number of para-hydroxylation sites is 1. The first-order chi connectivity index (χ1) is 17.0. The van der Waals surface area contributed by atoms with Crippen LogP contribution in [0.15, 0.2) is 40.9 Å². The van der Waals surface area contributed by atoms with E-state index < -0.39 is 0 Å². The van der Waals surface area contributed by atoms with Gasteiger partial charge in [-0.15, -0.1) is 0 Å². The van der Waals surface area contributed by atoms with Gasteiger partial charge in [0, 0.05) is 30.2 Å². The van der Waals surface area contributed by atoms with Crippen LogP contribution in [0.5, 0.6) is 5.75 Å². The Kier molecular flexibility index (Phi) is 9.63. The summed E-state index contributed by atoms with van der Waals surface area (Å²) in [5.41, 5.74) is 4.52. The third-order valence-electron chi connectivity index (χ3n) is 6.29. The van der Waals surface area contributed by atoms with Gasteiger partial charge in [0.15, 0.2) is 6.23 Å². The van der Waals surface area contributed by atoms with Crippen molar-refractivity contribution in [2.75, 3.05) is 19.0 Å². The van der Waals surface area contributed by atoms with Crippen LogP contribution in [-0.4, -0.2) is 35.3 Å². The molecule has 0 saturated carbocycles. The predicted molar refractivity (Wildman–Crippen MR) is 147 cm³/mol. The number of ether oxygens (including phenoxy) is 2. The Hall–Kier alpha value is -2.51. The van der Waals surface area contributed by atoms with Crippen molar-refractivity contribution >= 4 is 38.5 Å². The summed E-state index contributed by atoms with van der Waals surface area (Å²) in [6.45, 7) is 9.57. The summed E-state index contributed by atoms with van der Waals surface area (Å²) in [7, 11) is 4.09. The second kappa shape index (κ2) is 12.5. The second-order valence-corrected chi connectivity index (χ2v) is 9.37. The van der Waals surface area contributed by atoms with Crippen LogP contribution < -0.4 is 10.1 Å². The number of nitrogens with one attached hydrogen (secondary N) is 1. The topological polar surface area (TPSA) is 55.7 Å². The van der Waals surface area contributed by atoms with Gasteiger partial charge in [0.1, 0.15) is 5.75 Å². The van der Waals surface area contributed by atoms with E-state index in [9.17, 15) is 4.79 Å². The maximum Gasteiger partial charge on any atom is 0.340 e. The van der Waals surface area contributed by atoms with Crippen molar-refractivity contribution in [3.63, 3.8) is 0 Å². The van der Waals surface area contributed by atoms with Gasteiger partial charge in [0.05, 0.1) is 34.4 Å². The van der Waals surface area contributed by atoms with Gasteiger partial charge in [-0.1, -0.05) is 45.4 Å². The molecule has 1 N–H and O–H groups in total. The van der Waals surface area contributed by atoms with Crippen molar-refractivity contribution in [2.24, 2.45) is 7.05 Å². The average molecular weight is 545 g/mol. The highest BCUT2D eigenvalue weighted by Crippen LogP contribution is 2.43. The van der Waals surface area contributed by atoms with Crippen LogP contribution in [0.2, 0.25) is 0 Å². The van der Waals surface area contributed by atoms with Gasteiger partial charge in [-0.25, -0.2) is 4.79 Å². The lowest BCUT2D eigenvalue weighted by molar-refractivity contribution is 0.0114. The molecule has 1 aromatic heterocycles. The first kappa shape index (κ1) is 27.1. The molecule has 0 fully saturated rings. The van der Waals surface area contributed by atoms with Crippen molar-refractivity contribution in [3.8, 4) is 5.75 Å². The monoisotopic (exact) mass is 543 g/mol. The van der Waals surface area contributed by atoms with Crippen molar-refractivity contribution in [1.29, 1.82) is 0 Å². The van der Waals surface area contributed by atoms with Gasteiger partial charge in [-0.05, 0) is 60.9 Å². The number of nitrogens with zero attached hydrogens (tertiary/aromatic N) is 2. The Morgan fingerprint density at radius 2 is 1.91 bits per heavy atom. The van der Waals surface area contributed by atoms with Crippen molar-refractivity contribution in [1.82, 2.24) is 9.47 Å². The molecule has 1 aliphatic rings. The Labute approximate surface area is 217 Å². The Bertz CT molecular complexity index is 1140. The Balaban J connectivity index is 0.00000167. The van der Waals surface area contributed by atoms with E-state index in [2.05, 4.69) is 50.8 Å². The Morgan fingerprint density at radius 3 is 2.57 bits per heavy atom. The summed E-state index contributed by atoms with van der Waals surface area (Å²) in [6.07, 6.45) is 3.24. The summed E-state index contributed by atoms with van der Waals surface area (Å²) in [5, 5.41) is 4.37. The van der Waals surface area contributed by atoms with E-state index in [0.717, 1.165) is 57.3 Å². The zero-order valence-corrected chi connectivity index (χ0v) is 23.4. The van der Waals surface area contributed by atoms with Crippen LogP contribution in [0.25, 0.3) is 10.9 Å². The minimum Gasteiger partial charge on any atom is -0.474 e. The van der Waals surface area contributed by atoms with Gasteiger partial charge < -0.3 is 19.4 Å². The fourth-order valence-electron chi connectivity index (χ4n) is 4.56. The van der Waals surface area contributed by atoms with Crippen LogP contribution in [0, 0.1) is 0 Å². The third-order valence-corrected chi connectivity index (χ3v) is 6.88. The molecule has 4 rings (SSSR count). The van der Waals surface area contributed by atoms with Crippen molar-refractivity contribution in [3.05, 3.63) is 57.7 Å². The van der Waals surface area contributed by atoms with Gasteiger partial charge >= 0.3 is 5.97 Å². The number of aromatic nitrogens is 1. The lowest BCUT2D eigenvalue weighted by atomic mass is 10.0. The minimum atomic E-state index is -0.298. The molecule has 0 bridgehead atoms. The van der Waals surface area contributed by atoms with Crippen LogP contribution in [0.3, 0.4) is 0 Å². The van der Waals surface area contributed by atoms with E-state index in [1.54, 1.807) is 0 Å². The molecule has 2 aromatic carbocycles. The number of fused-ring (bicyclic) bond motifs is 3. The lowest BCUT2D eigenvalue weighted by Crippen LogP contribution is -2.40. The number of esters is 1. The average Bonchev–Trinajstić information content (AvgIpc) is 3.15. The highest BCUT2D eigenvalue weighted by molar-refractivity contribution is 9.10. The molecule has 3 aromatic rings. The number of aryl methyl sites for hydroxylation is 1. The van der Waals surface area contributed by atoms with E-state index in [-0.39, 0.29) is 12.2 Å². The number of rotatable bonds is 8. The molecular formula is C28H38BrN3O3. The molecule has 0 radical (unpaired) electrons. The highest BCUT2D eigenvalue weighted by Gasteiger charge is 2.32. The summed E-state index contributed by atoms with van der Waals surface area (Å²) in [4.78, 5) is 15.5. The van der Waals surface area contributed by atoms with E-state index in [0.29, 0.717) is 25.3 Å². The number of carbonyl (C=O) groups excluding carboxylic acids is 1. The smallest absolute Gasteiger partial charge is 0.340 e. The van der Waals surface area contributed by atoms with Crippen LogP contribution in [-0.2, 0) is 24.9 Å². The summed E-state index contributed by atoms with van der Waals surface area (Å²) < 4.78 is 15.0. The molecule has 0 saturated heterocycles. The number of halogens is 1. The van der Waals surface area contributed by atoms with Gasteiger partial charge in [-0.3, -0.25) is 4.90 Å². The van der Waals surface area contributed by atoms with Gasteiger partial charge in [0.2, 0.25) is 0 Å². The molecule has 190 valence electrons. The first-order valence-corrected chi connectivity index (χ1v) is 13.4. The summed E-state index contributed by atoms with van der Waals surface area (Å²) >= 11 is 3.74.